The fraction of sp³-hybridized carbons (Fsp3) is 0.154. The highest BCUT2D eigenvalue weighted by atomic mass is 16.2. The van der Waals surface area contributed by atoms with E-state index >= 15 is 0 Å². The van der Waals surface area contributed by atoms with Gasteiger partial charge >= 0.3 is 0 Å². The van der Waals surface area contributed by atoms with Crippen LogP contribution in [-0.4, -0.2) is 71.1 Å². The molecule has 0 aliphatic heterocycles. The number of carbonyl (C=O) groups excluding carboxylic acids is 1. The van der Waals surface area contributed by atoms with Crippen LogP contribution in [0.4, 0.5) is 5.69 Å². The molecule has 0 saturated heterocycles. The van der Waals surface area contributed by atoms with Gasteiger partial charge in [0.1, 0.15) is 17.8 Å². The molecule has 0 aliphatic rings. The van der Waals surface area contributed by atoms with Crippen LogP contribution >= 0.6 is 0 Å². The van der Waals surface area contributed by atoms with Crippen LogP contribution in [0.5, 0.6) is 0 Å². The summed E-state index contributed by atoms with van der Waals surface area (Å²) >= 11 is 0. The van der Waals surface area contributed by atoms with Crippen LogP contribution < -0.4 is 5.32 Å². The van der Waals surface area contributed by atoms with E-state index in [0.29, 0.717) is 5.69 Å². The zero-order valence-electron chi connectivity index (χ0n) is 20.5. The number of aromatic amines is 2. The van der Waals surface area contributed by atoms with E-state index in [4.69, 9.17) is 0 Å². The zero-order chi connectivity index (χ0) is 25.5. The van der Waals surface area contributed by atoms with E-state index in [9.17, 15) is 4.79 Å². The molecule has 6 rings (SSSR count). The highest BCUT2D eigenvalue weighted by Gasteiger charge is 2.16. The average Bonchev–Trinajstić information content (AvgIpc) is 3.60. The number of carbonyl (C=O) groups is 1. The summed E-state index contributed by atoms with van der Waals surface area (Å²) in [4.78, 5) is 35.2. The number of aryl methyl sites for hydroxylation is 1. The molecule has 0 bridgehead atoms. The van der Waals surface area contributed by atoms with Crippen molar-refractivity contribution in [3.63, 3.8) is 0 Å². The Balaban J connectivity index is 1.38. The van der Waals surface area contributed by atoms with Gasteiger partial charge in [-0.1, -0.05) is 0 Å². The molecule has 11 heteroatoms. The third kappa shape index (κ3) is 4.32. The monoisotopic (exact) mass is 492 g/mol. The van der Waals surface area contributed by atoms with Gasteiger partial charge < -0.3 is 15.2 Å². The second-order valence-corrected chi connectivity index (χ2v) is 9.14. The highest BCUT2D eigenvalue weighted by molar-refractivity contribution is 5.98. The summed E-state index contributed by atoms with van der Waals surface area (Å²) in [7, 11) is 3.69. The van der Waals surface area contributed by atoms with Crippen LogP contribution in [0.1, 0.15) is 5.69 Å². The lowest BCUT2D eigenvalue weighted by Gasteiger charge is -2.10. The summed E-state index contributed by atoms with van der Waals surface area (Å²) in [6.45, 7) is 2.23. The summed E-state index contributed by atoms with van der Waals surface area (Å²) in [5.41, 5.74) is 6.42. The van der Waals surface area contributed by atoms with Crippen LogP contribution in [0.3, 0.4) is 0 Å². The molecule has 0 aliphatic carbocycles. The molecule has 3 N–H and O–H groups in total. The molecular formula is C26H24N10O. The maximum atomic E-state index is 12.2. The molecule has 0 saturated carbocycles. The van der Waals surface area contributed by atoms with E-state index in [1.807, 2.05) is 60.9 Å². The molecule has 37 heavy (non-hydrogen) atoms. The zero-order valence-corrected chi connectivity index (χ0v) is 20.5. The summed E-state index contributed by atoms with van der Waals surface area (Å²) in [5, 5.41) is 12.4. The van der Waals surface area contributed by atoms with Crippen LogP contribution in [0, 0.1) is 6.92 Å². The first-order valence-electron chi connectivity index (χ1n) is 11.7. The average molecular weight is 493 g/mol. The smallest absolute Gasteiger partial charge is 0.238 e. The van der Waals surface area contributed by atoms with Crippen molar-refractivity contribution in [3.05, 3.63) is 67.3 Å². The van der Waals surface area contributed by atoms with Crippen molar-refractivity contribution < 1.29 is 4.79 Å². The standard InChI is InChI=1S/C26H24N10O/c1-15-12-36(14-30-15)26-19-8-22(32-20(19)4-5-28-26)25-18-7-21(29-11-23(18)33-34-25)16-6-17(10-27-9-16)31-24(37)13-35(2)3/h4-12,14,32H,13H2,1-3H3,(H,31,37)(H,33,34). The first-order chi connectivity index (χ1) is 17.9. The van der Waals surface area contributed by atoms with Gasteiger partial charge in [0, 0.05) is 34.9 Å². The Hall–Kier alpha value is -4.90. The van der Waals surface area contributed by atoms with Crippen molar-refractivity contribution in [3.8, 4) is 28.5 Å². The molecule has 1 amide bonds. The van der Waals surface area contributed by atoms with Crippen LogP contribution in [0.2, 0.25) is 0 Å². The Bertz CT molecular complexity index is 1760. The van der Waals surface area contributed by atoms with Crippen molar-refractivity contribution in [2.24, 2.45) is 0 Å². The van der Waals surface area contributed by atoms with E-state index in [0.717, 1.165) is 56.0 Å². The topological polar surface area (TPSA) is 133 Å². The second kappa shape index (κ2) is 8.95. The highest BCUT2D eigenvalue weighted by Crippen LogP contribution is 2.32. The van der Waals surface area contributed by atoms with Crippen molar-refractivity contribution in [2.75, 3.05) is 26.0 Å². The molecule has 6 aromatic heterocycles. The van der Waals surface area contributed by atoms with Gasteiger partial charge in [-0.2, -0.15) is 5.10 Å². The number of imidazole rings is 1. The number of pyridine rings is 3. The van der Waals surface area contributed by atoms with E-state index in [1.165, 1.54) is 0 Å². The quantitative estimate of drug-likeness (QED) is 0.324. The first kappa shape index (κ1) is 22.6. The van der Waals surface area contributed by atoms with Gasteiger partial charge in [-0.25, -0.2) is 9.97 Å². The molecule has 6 heterocycles. The van der Waals surface area contributed by atoms with Gasteiger partial charge in [-0.3, -0.25) is 24.4 Å². The van der Waals surface area contributed by atoms with Gasteiger partial charge in [-0.15, -0.1) is 0 Å². The van der Waals surface area contributed by atoms with Gasteiger partial charge in [-0.05, 0) is 45.3 Å². The number of nitrogens with one attached hydrogen (secondary N) is 3. The Morgan fingerprint density at radius 1 is 1.05 bits per heavy atom. The fourth-order valence-corrected chi connectivity index (χ4v) is 4.33. The summed E-state index contributed by atoms with van der Waals surface area (Å²) in [6, 6.07) is 7.82. The minimum absolute atomic E-state index is 0.108. The maximum Gasteiger partial charge on any atom is 0.238 e. The molecule has 0 radical (unpaired) electrons. The number of hydrogen-bond acceptors (Lipinski definition) is 7. The SMILES string of the molecule is Cc1cn(-c2nccc3[nH]c(-c4n[nH]c5cnc(-c6cncc(NC(=O)CN(C)C)c6)cc45)cc23)cn1. The maximum absolute atomic E-state index is 12.2. The van der Waals surface area contributed by atoms with Gasteiger partial charge in [0.05, 0.1) is 52.7 Å². The molecule has 6 aromatic rings. The van der Waals surface area contributed by atoms with E-state index in [-0.39, 0.29) is 12.5 Å². The largest absolute Gasteiger partial charge is 0.353 e. The first-order valence-corrected chi connectivity index (χ1v) is 11.7. The molecule has 0 spiro atoms. The predicted octanol–water partition coefficient (Wildman–Crippen LogP) is 3.56. The van der Waals surface area contributed by atoms with E-state index in [2.05, 4.69) is 40.4 Å². The van der Waals surface area contributed by atoms with E-state index < -0.39 is 0 Å². The number of rotatable bonds is 6. The van der Waals surface area contributed by atoms with Crippen molar-refractivity contribution >= 4 is 33.4 Å². The van der Waals surface area contributed by atoms with Crippen molar-refractivity contribution in [1.82, 2.24) is 44.6 Å². The number of aromatic nitrogens is 8. The molecule has 0 fully saturated rings. The molecule has 0 unspecified atom stereocenters. The number of nitrogens with zero attached hydrogens (tertiary/aromatic N) is 7. The number of likely N-dealkylation sites (N-methyl/N-ethyl adjacent to an activating group) is 1. The second-order valence-electron chi connectivity index (χ2n) is 9.14. The van der Waals surface area contributed by atoms with Crippen molar-refractivity contribution in [2.45, 2.75) is 6.92 Å². The normalized spacial score (nSPS) is 11.6. The van der Waals surface area contributed by atoms with Gasteiger partial charge in [0.25, 0.3) is 0 Å². The number of amides is 1. The molecule has 11 nitrogen and oxygen atoms in total. The van der Waals surface area contributed by atoms with Gasteiger partial charge in [0.2, 0.25) is 5.91 Å². The van der Waals surface area contributed by atoms with Crippen LogP contribution in [-0.2, 0) is 4.79 Å². The summed E-state index contributed by atoms with van der Waals surface area (Å²) in [6.07, 6.45) is 10.6. The third-order valence-corrected chi connectivity index (χ3v) is 5.96. The minimum atomic E-state index is -0.108. The number of anilines is 1. The molecular weight excluding hydrogens is 468 g/mol. The predicted molar refractivity (Wildman–Crippen MR) is 141 cm³/mol. The number of fused-ring (bicyclic) bond motifs is 2. The van der Waals surface area contributed by atoms with Gasteiger partial charge in [0.15, 0.2) is 0 Å². The Kier molecular flexibility index (Phi) is 5.46. The summed E-state index contributed by atoms with van der Waals surface area (Å²) in [5.74, 6) is 0.685. The van der Waals surface area contributed by atoms with E-state index in [1.54, 1.807) is 31.1 Å². The number of H-pyrrole nitrogens is 2. The van der Waals surface area contributed by atoms with Crippen LogP contribution in [0.15, 0.2) is 61.6 Å². The molecule has 184 valence electrons. The third-order valence-electron chi connectivity index (χ3n) is 5.96. The lowest BCUT2D eigenvalue weighted by Crippen LogP contribution is -2.27. The van der Waals surface area contributed by atoms with Crippen molar-refractivity contribution in [1.29, 1.82) is 0 Å². The number of hydrogen-bond donors (Lipinski definition) is 3. The fourth-order valence-electron chi connectivity index (χ4n) is 4.33. The lowest BCUT2D eigenvalue weighted by molar-refractivity contribution is -0.116. The molecule has 0 aromatic carbocycles. The minimum Gasteiger partial charge on any atom is -0.353 e. The Labute approximate surface area is 211 Å². The Morgan fingerprint density at radius 2 is 1.95 bits per heavy atom. The van der Waals surface area contributed by atoms with Crippen LogP contribution in [0.25, 0.3) is 50.3 Å². The summed E-state index contributed by atoms with van der Waals surface area (Å²) < 4.78 is 1.91. The Morgan fingerprint density at radius 3 is 2.76 bits per heavy atom. The molecule has 0 atom stereocenters. The lowest BCUT2D eigenvalue weighted by atomic mass is 10.1.